The Bertz CT molecular complexity index is 861. The van der Waals surface area contributed by atoms with Crippen LogP contribution in [0.4, 0.5) is 5.82 Å². The Kier molecular flexibility index (Phi) is 8.23. The number of thiophene rings is 1. The van der Waals surface area contributed by atoms with Crippen molar-refractivity contribution in [2.24, 2.45) is 12.0 Å². The molecule has 27 heavy (non-hydrogen) atoms. The van der Waals surface area contributed by atoms with E-state index in [1.54, 1.807) is 35.6 Å². The van der Waals surface area contributed by atoms with Crippen LogP contribution in [0.15, 0.2) is 34.3 Å². The summed E-state index contributed by atoms with van der Waals surface area (Å²) < 4.78 is 1.74. The first-order valence-corrected chi connectivity index (χ1v) is 9.46. The predicted molar refractivity (Wildman–Crippen MR) is 122 cm³/mol. The number of hydrogen-bond donors (Lipinski definition) is 3. The molecule has 0 saturated heterocycles. The predicted octanol–water partition coefficient (Wildman–Crippen LogP) is 2.42. The topological polar surface area (TPSA) is 92.1 Å². The molecule has 0 saturated carbocycles. The largest absolute Gasteiger partial charge is 0.368 e. The van der Waals surface area contributed by atoms with Crippen molar-refractivity contribution in [1.82, 2.24) is 30.4 Å². The van der Waals surface area contributed by atoms with Crippen molar-refractivity contribution in [1.29, 1.82) is 0 Å². The maximum atomic E-state index is 4.30. The van der Waals surface area contributed by atoms with Gasteiger partial charge >= 0.3 is 0 Å². The fourth-order valence-electron chi connectivity index (χ4n) is 2.61. The highest BCUT2D eigenvalue weighted by molar-refractivity contribution is 14.0. The fourth-order valence-corrected chi connectivity index (χ4v) is 3.39. The molecule has 10 heteroatoms. The minimum Gasteiger partial charge on any atom is -0.368 e. The van der Waals surface area contributed by atoms with Crippen LogP contribution < -0.4 is 16.0 Å². The average molecular weight is 500 g/mol. The number of halogens is 1. The summed E-state index contributed by atoms with van der Waals surface area (Å²) in [7, 11) is 3.65. The molecule has 1 atom stereocenters. The van der Waals surface area contributed by atoms with Crippen LogP contribution in [0.5, 0.6) is 0 Å². The van der Waals surface area contributed by atoms with Crippen molar-refractivity contribution in [2.75, 3.05) is 32.0 Å². The van der Waals surface area contributed by atoms with Gasteiger partial charge in [0.25, 0.3) is 0 Å². The van der Waals surface area contributed by atoms with Crippen LogP contribution in [0.2, 0.25) is 0 Å². The standard InChI is InChI=1S/C17H24N8S.HI/c1-12(13-4-7-26-10-13)8-21-17(18-2)20-6-5-19-15-14-9-24-25(3)16(14)23-11-22-15;/h4,7,9-12H,5-6,8H2,1-3H3,(H2,18,20,21)(H,19,22,23);1H. The van der Waals surface area contributed by atoms with E-state index in [1.807, 2.05) is 7.05 Å². The maximum Gasteiger partial charge on any atom is 0.191 e. The van der Waals surface area contributed by atoms with Gasteiger partial charge in [-0.2, -0.15) is 16.4 Å². The smallest absolute Gasteiger partial charge is 0.191 e. The maximum absolute atomic E-state index is 4.30. The van der Waals surface area contributed by atoms with E-state index in [0.29, 0.717) is 12.5 Å². The van der Waals surface area contributed by atoms with Gasteiger partial charge in [0.15, 0.2) is 11.6 Å². The van der Waals surface area contributed by atoms with Crippen molar-refractivity contribution in [3.05, 3.63) is 34.9 Å². The number of fused-ring (bicyclic) bond motifs is 1. The fraction of sp³-hybridized carbons (Fsp3) is 0.412. The lowest BCUT2D eigenvalue weighted by Gasteiger charge is -2.15. The van der Waals surface area contributed by atoms with E-state index in [2.05, 4.69) is 59.8 Å². The van der Waals surface area contributed by atoms with Crippen LogP contribution in [0, 0.1) is 0 Å². The summed E-state index contributed by atoms with van der Waals surface area (Å²) in [5.74, 6) is 2.03. The van der Waals surface area contributed by atoms with E-state index in [-0.39, 0.29) is 24.0 Å². The van der Waals surface area contributed by atoms with E-state index in [0.717, 1.165) is 35.9 Å². The van der Waals surface area contributed by atoms with Gasteiger partial charge < -0.3 is 16.0 Å². The van der Waals surface area contributed by atoms with Crippen molar-refractivity contribution in [2.45, 2.75) is 12.8 Å². The third-order valence-electron chi connectivity index (χ3n) is 4.15. The van der Waals surface area contributed by atoms with Crippen LogP contribution in [0.3, 0.4) is 0 Å². The molecule has 8 nitrogen and oxygen atoms in total. The SMILES string of the molecule is CN=C(NCCNc1ncnc2c1cnn2C)NCC(C)c1ccsc1.I. The minimum atomic E-state index is 0. The monoisotopic (exact) mass is 500 g/mol. The Morgan fingerprint density at radius 2 is 2.15 bits per heavy atom. The number of anilines is 1. The Hall–Kier alpha value is -1.95. The number of guanidine groups is 1. The Labute approximate surface area is 179 Å². The lowest BCUT2D eigenvalue weighted by Crippen LogP contribution is -2.41. The van der Waals surface area contributed by atoms with Gasteiger partial charge in [0.2, 0.25) is 0 Å². The molecule has 0 bridgehead atoms. The molecule has 3 rings (SSSR count). The number of nitrogens with zero attached hydrogens (tertiary/aromatic N) is 5. The lowest BCUT2D eigenvalue weighted by molar-refractivity contribution is 0.702. The van der Waals surface area contributed by atoms with Crippen molar-refractivity contribution in [3.8, 4) is 0 Å². The highest BCUT2D eigenvalue weighted by atomic mass is 127. The van der Waals surface area contributed by atoms with Gasteiger partial charge in [-0.3, -0.25) is 9.67 Å². The second kappa shape index (κ2) is 10.4. The second-order valence-corrected chi connectivity index (χ2v) is 6.77. The number of nitrogens with one attached hydrogen (secondary N) is 3. The molecule has 0 radical (unpaired) electrons. The number of aryl methyl sites for hydroxylation is 1. The molecular weight excluding hydrogens is 475 g/mol. The van der Waals surface area contributed by atoms with E-state index in [4.69, 9.17) is 0 Å². The van der Waals surface area contributed by atoms with Gasteiger partial charge in [-0.15, -0.1) is 24.0 Å². The Balaban J connectivity index is 0.00000261. The zero-order valence-electron chi connectivity index (χ0n) is 15.6. The molecule has 3 N–H and O–H groups in total. The van der Waals surface area contributed by atoms with Crippen LogP contribution in [0.25, 0.3) is 11.0 Å². The molecule has 3 heterocycles. The summed E-state index contributed by atoms with van der Waals surface area (Å²) in [6.07, 6.45) is 3.32. The van der Waals surface area contributed by atoms with Gasteiger partial charge in [-0.25, -0.2) is 9.97 Å². The second-order valence-electron chi connectivity index (χ2n) is 5.99. The van der Waals surface area contributed by atoms with Gasteiger partial charge in [-0.1, -0.05) is 6.92 Å². The van der Waals surface area contributed by atoms with Crippen LogP contribution >= 0.6 is 35.3 Å². The molecule has 0 aliphatic carbocycles. The summed E-state index contributed by atoms with van der Waals surface area (Å²) in [5.41, 5.74) is 2.17. The molecule has 146 valence electrons. The molecular formula is C17H25IN8S. The van der Waals surface area contributed by atoms with Crippen LogP contribution in [-0.2, 0) is 7.05 Å². The normalized spacial score (nSPS) is 12.5. The molecule has 0 aliphatic heterocycles. The summed E-state index contributed by atoms with van der Waals surface area (Å²) >= 11 is 1.73. The first-order chi connectivity index (χ1) is 12.7. The molecule has 0 aromatic carbocycles. The lowest BCUT2D eigenvalue weighted by atomic mass is 10.1. The number of rotatable bonds is 7. The van der Waals surface area contributed by atoms with Gasteiger partial charge in [0.1, 0.15) is 12.1 Å². The first kappa shape index (κ1) is 21.4. The summed E-state index contributed by atoms with van der Waals surface area (Å²) in [4.78, 5) is 12.8. The van der Waals surface area contributed by atoms with Gasteiger partial charge in [-0.05, 0) is 28.3 Å². The van der Waals surface area contributed by atoms with Gasteiger partial charge in [0.05, 0.1) is 11.6 Å². The highest BCUT2D eigenvalue weighted by Crippen LogP contribution is 2.17. The molecule has 1 unspecified atom stereocenters. The Morgan fingerprint density at radius 3 is 2.89 bits per heavy atom. The van der Waals surface area contributed by atoms with Crippen LogP contribution in [-0.4, -0.2) is 52.4 Å². The third kappa shape index (κ3) is 5.51. The van der Waals surface area contributed by atoms with E-state index in [1.165, 1.54) is 5.56 Å². The van der Waals surface area contributed by atoms with E-state index >= 15 is 0 Å². The average Bonchev–Trinajstić information content (AvgIpc) is 3.32. The summed E-state index contributed by atoms with van der Waals surface area (Å²) in [5, 5.41) is 19.4. The highest BCUT2D eigenvalue weighted by Gasteiger charge is 2.08. The molecule has 0 spiro atoms. The van der Waals surface area contributed by atoms with E-state index in [9.17, 15) is 0 Å². The molecule has 3 aromatic heterocycles. The van der Waals surface area contributed by atoms with Crippen LogP contribution in [0.1, 0.15) is 18.4 Å². The third-order valence-corrected chi connectivity index (χ3v) is 4.85. The first-order valence-electron chi connectivity index (χ1n) is 8.52. The van der Waals surface area contributed by atoms with E-state index < -0.39 is 0 Å². The number of hydrogen-bond acceptors (Lipinski definition) is 6. The van der Waals surface area contributed by atoms with Crippen molar-refractivity contribution < 1.29 is 0 Å². The zero-order chi connectivity index (χ0) is 18.4. The number of aromatic nitrogens is 4. The van der Waals surface area contributed by atoms with Gasteiger partial charge in [0, 0.05) is 33.7 Å². The Morgan fingerprint density at radius 1 is 1.30 bits per heavy atom. The molecule has 3 aromatic rings. The molecule has 0 amide bonds. The molecule has 0 fully saturated rings. The molecule has 0 aliphatic rings. The van der Waals surface area contributed by atoms with Crippen molar-refractivity contribution >= 4 is 58.1 Å². The summed E-state index contributed by atoms with van der Waals surface area (Å²) in [6.45, 7) is 4.48. The van der Waals surface area contributed by atoms with Crippen molar-refractivity contribution in [3.63, 3.8) is 0 Å². The minimum absolute atomic E-state index is 0. The zero-order valence-corrected chi connectivity index (χ0v) is 18.8. The summed E-state index contributed by atoms with van der Waals surface area (Å²) in [6, 6.07) is 2.16. The number of aliphatic imine (C=N–C) groups is 1. The quantitative estimate of drug-likeness (QED) is 0.200.